The molecule has 4 rings (SSSR count). The zero-order valence-electron chi connectivity index (χ0n) is 15.9. The van der Waals surface area contributed by atoms with Gasteiger partial charge in [0, 0.05) is 16.1 Å². The molecule has 30 heavy (non-hydrogen) atoms. The molecule has 0 radical (unpaired) electrons. The van der Waals surface area contributed by atoms with Gasteiger partial charge in [-0.25, -0.2) is 0 Å². The van der Waals surface area contributed by atoms with Crippen molar-refractivity contribution in [2.45, 2.75) is 11.4 Å². The van der Waals surface area contributed by atoms with Crippen molar-refractivity contribution in [1.82, 2.24) is 10.3 Å². The summed E-state index contributed by atoms with van der Waals surface area (Å²) in [6, 6.07) is 20.4. The number of rotatable bonds is 5. The van der Waals surface area contributed by atoms with Crippen LogP contribution in [0.3, 0.4) is 0 Å². The summed E-state index contributed by atoms with van der Waals surface area (Å²) in [6.07, 6.45) is 3.50. The second-order valence-corrected chi connectivity index (χ2v) is 8.14. The van der Waals surface area contributed by atoms with Gasteiger partial charge < -0.3 is 5.32 Å². The molecule has 2 aromatic carbocycles. The fraction of sp³-hybridized carbons (Fsp3) is 0.0870. The van der Waals surface area contributed by atoms with Crippen LogP contribution in [0.15, 0.2) is 82.7 Å². The van der Waals surface area contributed by atoms with Crippen LogP contribution in [0.4, 0.5) is 5.69 Å². The molecule has 2 heterocycles. The molecule has 5 nitrogen and oxygen atoms in total. The van der Waals surface area contributed by atoms with Gasteiger partial charge in [-0.3, -0.25) is 19.5 Å². The highest BCUT2D eigenvalue weighted by molar-refractivity contribution is 8.04. The molecule has 1 aromatic heterocycles. The average Bonchev–Trinajstić information content (AvgIpc) is 2.77. The van der Waals surface area contributed by atoms with Crippen LogP contribution < -0.4 is 10.2 Å². The van der Waals surface area contributed by atoms with E-state index < -0.39 is 0 Å². The maximum atomic E-state index is 13.2. The van der Waals surface area contributed by atoms with Crippen LogP contribution >= 0.6 is 23.4 Å². The first-order valence-electron chi connectivity index (χ1n) is 9.33. The number of aromatic nitrogens is 1. The highest BCUT2D eigenvalue weighted by Gasteiger charge is 2.30. The quantitative estimate of drug-likeness (QED) is 0.598. The summed E-state index contributed by atoms with van der Waals surface area (Å²) in [7, 11) is 0. The number of nitrogens with one attached hydrogen (secondary N) is 1. The minimum Gasteiger partial charge on any atom is -0.349 e. The van der Waals surface area contributed by atoms with Gasteiger partial charge in [-0.15, -0.1) is 0 Å². The minimum absolute atomic E-state index is 0.0683. The van der Waals surface area contributed by atoms with Crippen molar-refractivity contribution >= 4 is 46.9 Å². The van der Waals surface area contributed by atoms with Gasteiger partial charge in [-0.1, -0.05) is 53.7 Å². The highest BCUT2D eigenvalue weighted by Crippen LogP contribution is 2.41. The Morgan fingerprint density at radius 1 is 1.07 bits per heavy atom. The van der Waals surface area contributed by atoms with Crippen LogP contribution in [-0.2, 0) is 16.1 Å². The number of halogens is 1. The zero-order chi connectivity index (χ0) is 20.9. The van der Waals surface area contributed by atoms with Gasteiger partial charge in [0.25, 0.3) is 5.91 Å². The maximum Gasteiger partial charge on any atom is 0.265 e. The third kappa shape index (κ3) is 4.72. The van der Waals surface area contributed by atoms with Crippen LogP contribution in [0.1, 0.15) is 11.3 Å². The molecule has 3 aromatic rings. The summed E-state index contributed by atoms with van der Waals surface area (Å²) >= 11 is 7.35. The van der Waals surface area contributed by atoms with E-state index in [1.54, 1.807) is 18.3 Å². The van der Waals surface area contributed by atoms with Gasteiger partial charge in [0.2, 0.25) is 5.91 Å². The van der Waals surface area contributed by atoms with Crippen molar-refractivity contribution in [3.8, 4) is 0 Å². The smallest absolute Gasteiger partial charge is 0.265 e. The number of para-hydroxylation sites is 1. The number of amides is 2. The Hall–Kier alpha value is -3.09. The summed E-state index contributed by atoms with van der Waals surface area (Å²) < 4.78 is 0. The summed E-state index contributed by atoms with van der Waals surface area (Å²) in [5.41, 5.74) is 2.36. The molecule has 2 amide bonds. The molecule has 0 fully saturated rings. The largest absolute Gasteiger partial charge is 0.349 e. The van der Waals surface area contributed by atoms with Gasteiger partial charge in [-0.2, -0.15) is 0 Å². The number of benzene rings is 2. The first-order valence-corrected chi connectivity index (χ1v) is 10.5. The molecule has 0 bridgehead atoms. The fourth-order valence-corrected chi connectivity index (χ4v) is 4.21. The Kier molecular flexibility index (Phi) is 6.16. The van der Waals surface area contributed by atoms with E-state index in [4.69, 9.17) is 11.6 Å². The van der Waals surface area contributed by atoms with Crippen molar-refractivity contribution in [1.29, 1.82) is 0 Å². The standard InChI is InChI=1S/C23H18ClN3O2S/c24-17-10-8-16(9-11-17)13-21-23(29)27(19-6-1-2-7-20(19)30-21)15-22(28)26-14-18-5-3-4-12-25-18/h1-13H,14-15H2,(H,26,28)/b21-13+. The van der Waals surface area contributed by atoms with Gasteiger partial charge in [0.05, 0.1) is 22.8 Å². The molecule has 150 valence electrons. The van der Waals surface area contributed by atoms with E-state index in [0.717, 1.165) is 21.8 Å². The normalized spacial score (nSPS) is 14.5. The van der Waals surface area contributed by atoms with E-state index in [2.05, 4.69) is 10.3 Å². The predicted octanol–water partition coefficient (Wildman–Crippen LogP) is 4.53. The molecule has 0 aliphatic carbocycles. The molecular formula is C23H18ClN3O2S. The number of carbonyl (C=O) groups excluding carboxylic acids is 2. The molecule has 0 unspecified atom stereocenters. The van der Waals surface area contributed by atoms with Gasteiger partial charge in [0.15, 0.2) is 0 Å². The Morgan fingerprint density at radius 3 is 2.60 bits per heavy atom. The zero-order valence-corrected chi connectivity index (χ0v) is 17.5. The Bertz CT molecular complexity index is 1100. The summed E-state index contributed by atoms with van der Waals surface area (Å²) in [4.78, 5) is 32.9. The number of fused-ring (bicyclic) bond motifs is 1. The summed E-state index contributed by atoms with van der Waals surface area (Å²) in [6.45, 7) is 0.243. The lowest BCUT2D eigenvalue weighted by Crippen LogP contribution is -2.42. The van der Waals surface area contributed by atoms with E-state index in [9.17, 15) is 9.59 Å². The number of hydrogen-bond acceptors (Lipinski definition) is 4. The maximum absolute atomic E-state index is 13.2. The minimum atomic E-state index is -0.249. The van der Waals surface area contributed by atoms with Crippen LogP contribution in [0.2, 0.25) is 5.02 Å². The van der Waals surface area contributed by atoms with E-state index in [-0.39, 0.29) is 18.4 Å². The fourth-order valence-electron chi connectivity index (χ4n) is 3.02. The molecule has 0 spiro atoms. The first kappa shape index (κ1) is 20.2. The van der Waals surface area contributed by atoms with E-state index in [1.807, 2.05) is 60.7 Å². The lowest BCUT2D eigenvalue weighted by atomic mass is 10.2. The number of thioether (sulfide) groups is 1. The van der Waals surface area contributed by atoms with Crippen molar-refractivity contribution in [2.24, 2.45) is 0 Å². The third-order valence-corrected chi connectivity index (χ3v) is 5.82. The van der Waals surface area contributed by atoms with Crippen LogP contribution in [0.5, 0.6) is 0 Å². The molecule has 0 saturated heterocycles. The van der Waals surface area contributed by atoms with Crippen molar-refractivity contribution in [3.63, 3.8) is 0 Å². The van der Waals surface area contributed by atoms with Crippen molar-refractivity contribution < 1.29 is 9.59 Å². The van der Waals surface area contributed by atoms with Crippen molar-refractivity contribution in [2.75, 3.05) is 11.4 Å². The van der Waals surface area contributed by atoms with Gasteiger partial charge in [0.1, 0.15) is 6.54 Å². The second kappa shape index (κ2) is 9.15. The van der Waals surface area contributed by atoms with Crippen LogP contribution in [-0.4, -0.2) is 23.3 Å². The average molecular weight is 436 g/mol. The number of pyridine rings is 1. The molecule has 1 aliphatic heterocycles. The first-order chi connectivity index (χ1) is 14.6. The van der Waals surface area contributed by atoms with Crippen LogP contribution in [0.25, 0.3) is 6.08 Å². The third-order valence-electron chi connectivity index (χ3n) is 4.49. The Morgan fingerprint density at radius 2 is 1.83 bits per heavy atom. The molecule has 0 atom stereocenters. The molecule has 0 saturated carbocycles. The summed E-state index contributed by atoms with van der Waals surface area (Å²) in [5, 5.41) is 3.47. The van der Waals surface area contributed by atoms with E-state index in [0.29, 0.717) is 16.5 Å². The lowest BCUT2D eigenvalue weighted by Gasteiger charge is -2.29. The Balaban J connectivity index is 1.55. The van der Waals surface area contributed by atoms with Gasteiger partial charge >= 0.3 is 0 Å². The number of hydrogen-bond donors (Lipinski definition) is 1. The number of carbonyl (C=O) groups is 2. The Labute approximate surface area is 183 Å². The molecule has 7 heteroatoms. The van der Waals surface area contributed by atoms with E-state index >= 15 is 0 Å². The molecule has 1 N–H and O–H groups in total. The monoisotopic (exact) mass is 435 g/mol. The molecule has 1 aliphatic rings. The SMILES string of the molecule is O=C(CN1C(=O)/C(=C\c2ccc(Cl)cc2)Sc2ccccc21)NCc1ccccn1. The lowest BCUT2D eigenvalue weighted by molar-refractivity contribution is -0.122. The number of anilines is 1. The summed E-state index contributed by atoms with van der Waals surface area (Å²) in [5.74, 6) is -0.455. The van der Waals surface area contributed by atoms with E-state index in [1.165, 1.54) is 16.7 Å². The predicted molar refractivity (Wildman–Crippen MR) is 120 cm³/mol. The second-order valence-electron chi connectivity index (χ2n) is 6.62. The van der Waals surface area contributed by atoms with Crippen LogP contribution in [0, 0.1) is 0 Å². The van der Waals surface area contributed by atoms with Crippen molar-refractivity contribution in [3.05, 3.63) is 94.1 Å². The van der Waals surface area contributed by atoms with Gasteiger partial charge in [-0.05, 0) is 48.0 Å². The molecular weight excluding hydrogens is 418 g/mol. The highest BCUT2D eigenvalue weighted by atomic mass is 35.5. The number of nitrogens with zero attached hydrogens (tertiary/aromatic N) is 2. The topological polar surface area (TPSA) is 62.3 Å².